The van der Waals surface area contributed by atoms with Crippen LogP contribution >= 0.6 is 0 Å². The summed E-state index contributed by atoms with van der Waals surface area (Å²) in [7, 11) is 0. The van der Waals surface area contributed by atoms with E-state index in [1.54, 1.807) is 0 Å². The molecule has 0 fully saturated rings. The molecule has 196 valence electrons. The first-order chi connectivity index (χ1) is 18.0. The van der Waals surface area contributed by atoms with Gasteiger partial charge in [-0.2, -0.15) is 0 Å². The lowest BCUT2D eigenvalue weighted by Gasteiger charge is -2.17. The molecule has 0 spiro atoms. The molecule has 1 aliphatic heterocycles. The molecular weight excluding hydrogens is 448 g/mol. The summed E-state index contributed by atoms with van der Waals surface area (Å²) in [6.07, 6.45) is 9.25. The quantitative estimate of drug-likeness (QED) is 0.315. The van der Waals surface area contributed by atoms with Gasteiger partial charge >= 0.3 is 0 Å². The summed E-state index contributed by atoms with van der Waals surface area (Å²) < 4.78 is 0. The van der Waals surface area contributed by atoms with Crippen molar-refractivity contribution in [2.24, 2.45) is 4.99 Å². The third-order valence-electron chi connectivity index (χ3n) is 7.03. The predicted octanol–water partition coefficient (Wildman–Crippen LogP) is 9.13. The van der Waals surface area contributed by atoms with E-state index in [2.05, 4.69) is 107 Å². The second kappa shape index (κ2) is 14.6. The Morgan fingerprint density at radius 1 is 0.703 bits per heavy atom. The van der Waals surface area contributed by atoms with Crippen molar-refractivity contribution in [3.8, 4) is 0 Å². The topological polar surface area (TPSA) is 24.4 Å². The van der Waals surface area contributed by atoms with E-state index in [0.717, 1.165) is 55.6 Å². The number of hydrogen-bond donors (Lipinski definition) is 1. The van der Waals surface area contributed by atoms with Crippen molar-refractivity contribution in [1.82, 2.24) is 0 Å². The molecule has 1 aliphatic rings. The zero-order valence-electron chi connectivity index (χ0n) is 23.8. The molecule has 0 atom stereocenters. The summed E-state index contributed by atoms with van der Waals surface area (Å²) in [6, 6.07) is 22.2. The molecular formula is C35H46N2. The molecule has 4 rings (SSSR count). The van der Waals surface area contributed by atoms with E-state index in [4.69, 9.17) is 4.99 Å². The molecule has 1 heterocycles. The maximum atomic E-state index is 4.90. The zero-order valence-corrected chi connectivity index (χ0v) is 23.8. The van der Waals surface area contributed by atoms with Crippen LogP contribution in [-0.4, -0.2) is 12.3 Å². The molecule has 0 aliphatic carbocycles. The van der Waals surface area contributed by atoms with E-state index in [1.807, 2.05) is 0 Å². The van der Waals surface area contributed by atoms with Crippen molar-refractivity contribution in [2.45, 2.75) is 86.0 Å². The van der Waals surface area contributed by atoms with E-state index in [1.165, 1.54) is 51.8 Å². The Morgan fingerprint density at radius 3 is 1.89 bits per heavy atom. The van der Waals surface area contributed by atoms with Gasteiger partial charge < -0.3 is 5.32 Å². The van der Waals surface area contributed by atoms with Gasteiger partial charge in [-0.1, -0.05) is 109 Å². The van der Waals surface area contributed by atoms with Crippen molar-refractivity contribution in [2.75, 3.05) is 11.9 Å². The van der Waals surface area contributed by atoms with Crippen LogP contribution in [0.4, 0.5) is 5.69 Å². The minimum Gasteiger partial charge on any atom is -0.357 e. The lowest BCUT2D eigenvalue weighted by molar-refractivity contribution is 0.861. The average molecular weight is 495 g/mol. The number of anilines is 1. The SMILES string of the molecule is C=C1CN=C(c2ccc(CC)cc2)c2cc(CCC)c(CCC)cc2N1.CCCc1ccccc1CC. The number of benzodiazepines with no additional fused rings is 1. The minimum atomic E-state index is 0.617. The first-order valence-electron chi connectivity index (χ1n) is 14.4. The van der Waals surface area contributed by atoms with Crippen LogP contribution in [0.1, 0.15) is 92.8 Å². The number of nitrogens with zero attached hydrogens (tertiary/aromatic N) is 1. The standard InChI is InChI=1S/C24H30N2.C11H16/c1-5-8-20-14-22-23(15-21(20)9-6-2)26-17(4)16-25-24(22)19-12-10-18(7-3)11-13-19;1-3-7-11-9-6-5-8-10(11)4-2/h10-15,26H,4-9,16H2,1-3H3;5-6,8-9H,3-4,7H2,1-2H3. The van der Waals surface area contributed by atoms with E-state index < -0.39 is 0 Å². The number of benzene rings is 3. The molecule has 0 aromatic heterocycles. The van der Waals surface area contributed by atoms with Crippen LogP contribution in [0.3, 0.4) is 0 Å². The number of nitrogens with one attached hydrogen (secondary N) is 1. The van der Waals surface area contributed by atoms with Gasteiger partial charge in [-0.25, -0.2) is 0 Å². The van der Waals surface area contributed by atoms with Crippen molar-refractivity contribution >= 4 is 11.4 Å². The highest BCUT2D eigenvalue weighted by Crippen LogP contribution is 2.30. The first kappa shape index (κ1) is 28.4. The smallest absolute Gasteiger partial charge is 0.0791 e. The summed E-state index contributed by atoms with van der Waals surface area (Å²) in [6.45, 7) is 15.9. The van der Waals surface area contributed by atoms with Gasteiger partial charge in [0.2, 0.25) is 0 Å². The second-order valence-electron chi connectivity index (χ2n) is 9.98. The molecule has 0 bridgehead atoms. The minimum absolute atomic E-state index is 0.617. The molecule has 0 radical (unpaired) electrons. The van der Waals surface area contributed by atoms with Crippen LogP contribution in [0.15, 0.2) is 77.9 Å². The van der Waals surface area contributed by atoms with Crippen LogP contribution in [0, 0.1) is 0 Å². The average Bonchev–Trinajstić information content (AvgIpc) is 3.08. The van der Waals surface area contributed by atoms with Gasteiger partial charge in [-0.05, 0) is 72.1 Å². The fraction of sp³-hybridized carbons (Fsp3) is 0.400. The Bertz CT molecular complexity index is 1180. The normalized spacial score (nSPS) is 12.6. The fourth-order valence-corrected chi connectivity index (χ4v) is 5.04. The van der Waals surface area contributed by atoms with Crippen molar-refractivity contribution in [3.05, 3.63) is 112 Å². The first-order valence-corrected chi connectivity index (χ1v) is 14.4. The van der Waals surface area contributed by atoms with Gasteiger partial charge in [0.25, 0.3) is 0 Å². The Labute approximate surface area is 226 Å². The number of fused-ring (bicyclic) bond motifs is 1. The molecule has 0 saturated heterocycles. The molecule has 0 saturated carbocycles. The number of aryl methyl sites for hydroxylation is 5. The van der Waals surface area contributed by atoms with Crippen LogP contribution in [0.25, 0.3) is 0 Å². The summed E-state index contributed by atoms with van der Waals surface area (Å²) >= 11 is 0. The lowest BCUT2D eigenvalue weighted by atomic mass is 9.91. The Kier molecular flexibility index (Phi) is 11.2. The molecule has 2 nitrogen and oxygen atoms in total. The summed E-state index contributed by atoms with van der Waals surface area (Å²) in [5.41, 5.74) is 12.9. The van der Waals surface area contributed by atoms with Crippen LogP contribution < -0.4 is 5.32 Å². The van der Waals surface area contributed by atoms with Gasteiger partial charge in [0.15, 0.2) is 0 Å². The maximum absolute atomic E-state index is 4.90. The van der Waals surface area contributed by atoms with Crippen LogP contribution in [-0.2, 0) is 32.1 Å². The Balaban J connectivity index is 0.000000289. The molecule has 1 N–H and O–H groups in total. The number of rotatable bonds is 9. The van der Waals surface area contributed by atoms with Crippen molar-refractivity contribution < 1.29 is 0 Å². The van der Waals surface area contributed by atoms with Gasteiger partial charge in [0, 0.05) is 22.5 Å². The number of hydrogen-bond acceptors (Lipinski definition) is 2. The molecule has 0 amide bonds. The molecule has 3 aromatic rings. The Morgan fingerprint density at radius 2 is 1.30 bits per heavy atom. The van der Waals surface area contributed by atoms with E-state index in [0.29, 0.717) is 6.54 Å². The third-order valence-corrected chi connectivity index (χ3v) is 7.03. The summed E-state index contributed by atoms with van der Waals surface area (Å²) in [4.78, 5) is 4.90. The zero-order chi connectivity index (χ0) is 26.6. The lowest BCUT2D eigenvalue weighted by Crippen LogP contribution is -2.08. The highest BCUT2D eigenvalue weighted by atomic mass is 15.0. The molecule has 37 heavy (non-hydrogen) atoms. The van der Waals surface area contributed by atoms with Crippen molar-refractivity contribution in [1.29, 1.82) is 0 Å². The fourth-order valence-electron chi connectivity index (χ4n) is 5.04. The van der Waals surface area contributed by atoms with E-state index >= 15 is 0 Å². The monoisotopic (exact) mass is 494 g/mol. The van der Waals surface area contributed by atoms with Crippen LogP contribution in [0.5, 0.6) is 0 Å². The van der Waals surface area contributed by atoms with Gasteiger partial charge in [0.05, 0.1) is 12.3 Å². The third kappa shape index (κ3) is 7.68. The Hall–Kier alpha value is -3.13. The van der Waals surface area contributed by atoms with E-state index in [-0.39, 0.29) is 0 Å². The molecule has 3 aromatic carbocycles. The largest absolute Gasteiger partial charge is 0.357 e. The van der Waals surface area contributed by atoms with Gasteiger partial charge in [-0.3, -0.25) is 4.99 Å². The van der Waals surface area contributed by atoms with Crippen molar-refractivity contribution in [3.63, 3.8) is 0 Å². The van der Waals surface area contributed by atoms with Gasteiger partial charge in [-0.15, -0.1) is 0 Å². The molecule has 2 heteroatoms. The number of aliphatic imine (C=N–C) groups is 1. The highest BCUT2D eigenvalue weighted by Gasteiger charge is 2.18. The molecule has 0 unspecified atom stereocenters. The summed E-state index contributed by atoms with van der Waals surface area (Å²) in [5, 5.41) is 3.50. The predicted molar refractivity (Wildman–Crippen MR) is 163 cm³/mol. The van der Waals surface area contributed by atoms with Crippen LogP contribution in [0.2, 0.25) is 0 Å². The maximum Gasteiger partial charge on any atom is 0.0791 e. The second-order valence-corrected chi connectivity index (χ2v) is 9.98. The summed E-state index contributed by atoms with van der Waals surface area (Å²) in [5.74, 6) is 0. The van der Waals surface area contributed by atoms with Gasteiger partial charge in [0.1, 0.15) is 0 Å². The highest BCUT2D eigenvalue weighted by molar-refractivity contribution is 6.16. The van der Waals surface area contributed by atoms with E-state index in [9.17, 15) is 0 Å².